The van der Waals surface area contributed by atoms with Crippen LogP contribution < -0.4 is 0 Å². The number of ether oxygens (including phenoxy) is 1. The normalized spacial score (nSPS) is 16.4. The van der Waals surface area contributed by atoms with Crippen LogP contribution in [0, 0.1) is 17.0 Å². The summed E-state index contributed by atoms with van der Waals surface area (Å²) < 4.78 is 6.59. The van der Waals surface area contributed by atoms with Crippen molar-refractivity contribution in [2.24, 2.45) is 17.4 Å². The lowest BCUT2D eigenvalue weighted by atomic mass is 10.4. The molecule has 1 aliphatic heterocycles. The molecule has 0 radical (unpaired) electrons. The Morgan fingerprint density at radius 2 is 2.11 bits per heavy atom. The van der Waals surface area contributed by atoms with Gasteiger partial charge < -0.3 is 4.74 Å². The SMILES string of the molecule is Cc1c([N+](=O)[O-])c(N=NN2CCOCC2)nn1C. The van der Waals surface area contributed by atoms with Crippen LogP contribution in [0.3, 0.4) is 0 Å². The average Bonchev–Trinajstić information content (AvgIpc) is 2.64. The first-order chi connectivity index (χ1) is 8.59. The molecule has 0 saturated carbocycles. The molecule has 1 fully saturated rings. The maximum atomic E-state index is 10.9. The smallest absolute Gasteiger partial charge is 0.337 e. The van der Waals surface area contributed by atoms with E-state index in [2.05, 4.69) is 15.4 Å². The second-order valence-electron chi connectivity index (χ2n) is 3.89. The predicted molar refractivity (Wildman–Crippen MR) is 61.5 cm³/mol. The fourth-order valence-electron chi connectivity index (χ4n) is 1.61. The standard InChI is InChI=1S/C9H14N6O3/c1-7-8(15(16)17)9(11-13(7)2)10-12-14-3-5-18-6-4-14/h3-6H2,1-2H3. The highest BCUT2D eigenvalue weighted by Gasteiger charge is 2.24. The van der Waals surface area contributed by atoms with E-state index < -0.39 is 4.92 Å². The molecule has 0 aliphatic carbocycles. The number of hydrogen-bond donors (Lipinski definition) is 0. The number of rotatable bonds is 3. The lowest BCUT2D eigenvalue weighted by molar-refractivity contribution is -0.384. The molecule has 1 aromatic heterocycles. The molecule has 1 aromatic rings. The Morgan fingerprint density at radius 1 is 1.44 bits per heavy atom. The minimum atomic E-state index is -0.490. The van der Waals surface area contributed by atoms with E-state index >= 15 is 0 Å². The molecule has 1 saturated heterocycles. The molecule has 98 valence electrons. The van der Waals surface area contributed by atoms with E-state index in [9.17, 15) is 10.1 Å². The van der Waals surface area contributed by atoms with Crippen molar-refractivity contribution in [3.8, 4) is 0 Å². The first-order valence-electron chi connectivity index (χ1n) is 5.52. The molecule has 1 aliphatic rings. The van der Waals surface area contributed by atoms with Crippen LogP contribution in [0.5, 0.6) is 0 Å². The van der Waals surface area contributed by atoms with Crippen LogP contribution in [0.4, 0.5) is 11.5 Å². The van der Waals surface area contributed by atoms with Crippen molar-refractivity contribution in [1.82, 2.24) is 14.8 Å². The zero-order valence-electron chi connectivity index (χ0n) is 10.2. The van der Waals surface area contributed by atoms with Crippen LogP contribution in [0.2, 0.25) is 0 Å². The van der Waals surface area contributed by atoms with Gasteiger partial charge in [-0.3, -0.25) is 19.8 Å². The van der Waals surface area contributed by atoms with Gasteiger partial charge in [0.25, 0.3) is 5.82 Å². The Kier molecular flexibility index (Phi) is 3.51. The summed E-state index contributed by atoms with van der Waals surface area (Å²) in [5.41, 5.74) is 0.352. The summed E-state index contributed by atoms with van der Waals surface area (Å²) in [4.78, 5) is 10.4. The van der Waals surface area contributed by atoms with Crippen molar-refractivity contribution >= 4 is 11.5 Å². The van der Waals surface area contributed by atoms with Crippen molar-refractivity contribution in [1.29, 1.82) is 0 Å². The first-order valence-corrected chi connectivity index (χ1v) is 5.52. The third kappa shape index (κ3) is 2.45. The van der Waals surface area contributed by atoms with Gasteiger partial charge in [0.1, 0.15) is 5.69 Å². The second-order valence-corrected chi connectivity index (χ2v) is 3.89. The first kappa shape index (κ1) is 12.4. The highest BCUT2D eigenvalue weighted by atomic mass is 16.6. The van der Waals surface area contributed by atoms with E-state index in [1.54, 1.807) is 19.0 Å². The highest BCUT2D eigenvalue weighted by Crippen LogP contribution is 2.29. The maximum Gasteiger partial charge on any atom is 0.337 e. The van der Waals surface area contributed by atoms with E-state index in [0.29, 0.717) is 32.0 Å². The number of aryl methyl sites for hydroxylation is 1. The summed E-state index contributed by atoms with van der Waals surface area (Å²) in [5.74, 6) is 0.0338. The van der Waals surface area contributed by atoms with Crippen molar-refractivity contribution < 1.29 is 9.66 Å². The summed E-state index contributed by atoms with van der Waals surface area (Å²) in [7, 11) is 1.64. The number of hydrogen-bond acceptors (Lipinski definition) is 6. The third-order valence-electron chi connectivity index (χ3n) is 2.72. The van der Waals surface area contributed by atoms with Crippen LogP contribution in [-0.2, 0) is 11.8 Å². The molecule has 2 rings (SSSR count). The van der Waals surface area contributed by atoms with Gasteiger partial charge in [-0.15, -0.1) is 10.2 Å². The molecule has 0 spiro atoms. The molecule has 0 aromatic carbocycles. The Labute approximate surface area is 103 Å². The fraction of sp³-hybridized carbons (Fsp3) is 0.667. The van der Waals surface area contributed by atoms with Gasteiger partial charge in [0.05, 0.1) is 31.2 Å². The zero-order valence-corrected chi connectivity index (χ0v) is 10.2. The minimum Gasteiger partial charge on any atom is -0.378 e. The molecule has 0 amide bonds. The van der Waals surface area contributed by atoms with E-state index in [1.807, 2.05) is 0 Å². The van der Waals surface area contributed by atoms with Gasteiger partial charge in [0.15, 0.2) is 0 Å². The maximum absolute atomic E-state index is 10.9. The lowest BCUT2D eigenvalue weighted by Gasteiger charge is -2.21. The van der Waals surface area contributed by atoms with Crippen LogP contribution in [0.15, 0.2) is 10.3 Å². The monoisotopic (exact) mass is 254 g/mol. The van der Waals surface area contributed by atoms with E-state index in [-0.39, 0.29) is 11.5 Å². The predicted octanol–water partition coefficient (Wildman–Crippen LogP) is 0.968. The molecule has 18 heavy (non-hydrogen) atoms. The van der Waals surface area contributed by atoms with Gasteiger partial charge in [0, 0.05) is 7.05 Å². The molecule has 0 bridgehead atoms. The highest BCUT2D eigenvalue weighted by molar-refractivity contribution is 5.54. The fourth-order valence-corrected chi connectivity index (χ4v) is 1.61. The summed E-state index contributed by atoms with van der Waals surface area (Å²) in [5, 5.41) is 24.4. The Bertz CT molecular complexity index is 477. The molecule has 0 unspecified atom stereocenters. The molecule has 9 nitrogen and oxygen atoms in total. The third-order valence-corrected chi connectivity index (χ3v) is 2.72. The van der Waals surface area contributed by atoms with Crippen LogP contribution in [-0.4, -0.2) is 46.0 Å². The van der Waals surface area contributed by atoms with Gasteiger partial charge in [-0.05, 0) is 6.92 Å². The lowest BCUT2D eigenvalue weighted by Crippen LogP contribution is -2.31. The molecule has 0 atom stereocenters. The summed E-state index contributed by atoms with van der Waals surface area (Å²) in [6.45, 7) is 4.05. The summed E-state index contributed by atoms with van der Waals surface area (Å²) in [6, 6.07) is 0. The van der Waals surface area contributed by atoms with Gasteiger partial charge in [-0.25, -0.2) is 0 Å². The largest absolute Gasteiger partial charge is 0.378 e. The molecule has 2 heterocycles. The number of nitrogens with zero attached hydrogens (tertiary/aromatic N) is 6. The van der Waals surface area contributed by atoms with Crippen LogP contribution >= 0.6 is 0 Å². The molecule has 0 N–H and O–H groups in total. The number of nitro groups is 1. The van der Waals surface area contributed by atoms with E-state index in [4.69, 9.17) is 4.74 Å². The zero-order chi connectivity index (χ0) is 13.1. The van der Waals surface area contributed by atoms with Crippen molar-refractivity contribution in [3.63, 3.8) is 0 Å². The Balaban J connectivity index is 2.20. The van der Waals surface area contributed by atoms with Crippen molar-refractivity contribution in [3.05, 3.63) is 15.8 Å². The Morgan fingerprint density at radius 3 is 2.72 bits per heavy atom. The number of aromatic nitrogens is 2. The second kappa shape index (κ2) is 5.08. The van der Waals surface area contributed by atoms with E-state index in [1.165, 1.54) is 4.68 Å². The quantitative estimate of drug-likeness (QED) is 0.454. The van der Waals surface area contributed by atoms with Crippen molar-refractivity contribution in [2.45, 2.75) is 6.92 Å². The van der Waals surface area contributed by atoms with Gasteiger partial charge in [0.2, 0.25) is 0 Å². The molecular formula is C9H14N6O3. The van der Waals surface area contributed by atoms with E-state index in [0.717, 1.165) is 0 Å². The number of morpholine rings is 1. The average molecular weight is 254 g/mol. The van der Waals surface area contributed by atoms with Gasteiger partial charge in [-0.2, -0.15) is 0 Å². The molecule has 9 heteroatoms. The summed E-state index contributed by atoms with van der Waals surface area (Å²) in [6.07, 6.45) is 0. The van der Waals surface area contributed by atoms with Crippen LogP contribution in [0.25, 0.3) is 0 Å². The van der Waals surface area contributed by atoms with Crippen molar-refractivity contribution in [2.75, 3.05) is 26.3 Å². The minimum absolute atomic E-state index is 0.0338. The topological polar surface area (TPSA) is 98.2 Å². The van der Waals surface area contributed by atoms with Gasteiger partial charge in [-0.1, -0.05) is 5.22 Å². The van der Waals surface area contributed by atoms with Crippen LogP contribution in [0.1, 0.15) is 5.69 Å². The Hall–Kier alpha value is -2.03. The molecular weight excluding hydrogens is 240 g/mol. The van der Waals surface area contributed by atoms with Gasteiger partial charge >= 0.3 is 5.69 Å². The summed E-state index contributed by atoms with van der Waals surface area (Å²) >= 11 is 0.